The molecule has 0 bridgehead atoms. The molecule has 5 N–H and O–H groups in total. The number of nitrogens with two attached hydrogens (primary N) is 2. The fraction of sp³-hybridized carbons (Fsp3) is 0.333. The Bertz CT molecular complexity index is 1520. The van der Waals surface area contributed by atoms with Crippen LogP contribution in [0.15, 0.2) is 54.7 Å². The second-order valence-electron chi connectivity index (χ2n) is 10.5. The summed E-state index contributed by atoms with van der Waals surface area (Å²) < 4.78 is 13.9. The molecule has 4 aromatic rings. The van der Waals surface area contributed by atoms with Gasteiger partial charge in [-0.2, -0.15) is 0 Å². The summed E-state index contributed by atoms with van der Waals surface area (Å²) >= 11 is 0. The molecule has 0 spiro atoms. The van der Waals surface area contributed by atoms with Crippen LogP contribution in [0, 0.1) is 12.8 Å². The number of nitrogen functional groups attached to an aromatic ring is 2. The molecule has 2 fully saturated rings. The van der Waals surface area contributed by atoms with Crippen molar-refractivity contribution >= 4 is 34.1 Å². The average Bonchev–Trinajstić information content (AvgIpc) is 3.67. The van der Waals surface area contributed by atoms with E-state index in [2.05, 4.69) is 14.9 Å². The van der Waals surface area contributed by atoms with Gasteiger partial charge in [0.15, 0.2) is 0 Å². The molecule has 2 aromatic carbocycles. The minimum atomic E-state index is -0.416. The first-order chi connectivity index (χ1) is 18.4. The van der Waals surface area contributed by atoms with Crippen molar-refractivity contribution in [3.05, 3.63) is 60.3 Å². The van der Waals surface area contributed by atoms with Crippen molar-refractivity contribution < 1.29 is 14.3 Å². The van der Waals surface area contributed by atoms with Gasteiger partial charge in [-0.1, -0.05) is 6.07 Å². The number of benzene rings is 2. The van der Waals surface area contributed by atoms with Crippen LogP contribution in [-0.2, 0) is 4.74 Å². The number of carbonyl (C=O) groups excluding carboxylic acids is 1. The standard InChI is InChI=1S/C30H33N5O3/c1-17-15-20(34-30(36)37-18(2)19-8-9-19)10-12-23(17)28-27(32)24-13-11-22(38-29-25(31)7-4-14-33-29)16-26(24)35(28)21-5-3-6-21/h4,7,10-16,18-19,21H,3,5-6,8-9,31-32H2,1-2H3,(H,34,36)/t18-/m1/s1. The van der Waals surface area contributed by atoms with Crippen LogP contribution in [0.2, 0.25) is 0 Å². The Labute approximate surface area is 221 Å². The Morgan fingerprint density at radius 2 is 1.92 bits per heavy atom. The van der Waals surface area contributed by atoms with Crippen LogP contribution < -0.4 is 21.5 Å². The smallest absolute Gasteiger partial charge is 0.411 e. The Morgan fingerprint density at radius 1 is 1.11 bits per heavy atom. The number of amides is 1. The lowest BCUT2D eigenvalue weighted by Crippen LogP contribution is -2.21. The molecule has 1 atom stereocenters. The van der Waals surface area contributed by atoms with Gasteiger partial charge in [-0.3, -0.25) is 5.32 Å². The summed E-state index contributed by atoms with van der Waals surface area (Å²) in [5.41, 5.74) is 18.8. The maximum atomic E-state index is 12.4. The molecule has 2 aromatic heterocycles. The molecule has 2 saturated carbocycles. The fourth-order valence-electron chi connectivity index (χ4n) is 5.26. The lowest BCUT2D eigenvalue weighted by molar-refractivity contribution is 0.108. The fourth-order valence-corrected chi connectivity index (χ4v) is 5.26. The first kappa shape index (κ1) is 24.2. The van der Waals surface area contributed by atoms with Gasteiger partial charge < -0.3 is 25.5 Å². The molecule has 8 heteroatoms. The number of carbonyl (C=O) groups is 1. The summed E-state index contributed by atoms with van der Waals surface area (Å²) in [7, 11) is 0. The van der Waals surface area contributed by atoms with E-state index in [1.165, 1.54) is 6.42 Å². The molecular weight excluding hydrogens is 478 g/mol. The van der Waals surface area contributed by atoms with Crippen molar-refractivity contribution in [2.24, 2.45) is 5.92 Å². The van der Waals surface area contributed by atoms with Crippen molar-refractivity contribution in [2.75, 3.05) is 16.8 Å². The van der Waals surface area contributed by atoms with Gasteiger partial charge in [0.25, 0.3) is 0 Å². The minimum absolute atomic E-state index is 0.0589. The SMILES string of the molecule is Cc1cc(NC(=O)O[C@H](C)C2CC2)ccc1-c1c(N)c2ccc(Oc3ncccc3N)cc2n1C1CCC1. The van der Waals surface area contributed by atoms with Gasteiger partial charge >= 0.3 is 6.09 Å². The first-order valence-electron chi connectivity index (χ1n) is 13.3. The molecule has 6 rings (SSSR count). The van der Waals surface area contributed by atoms with Gasteiger partial charge in [0.2, 0.25) is 5.88 Å². The van der Waals surface area contributed by atoms with E-state index < -0.39 is 6.09 Å². The zero-order valence-corrected chi connectivity index (χ0v) is 21.7. The predicted molar refractivity (Wildman–Crippen MR) is 150 cm³/mol. The summed E-state index contributed by atoms with van der Waals surface area (Å²) in [6, 6.07) is 15.7. The normalized spacial score (nSPS) is 16.2. The van der Waals surface area contributed by atoms with Crippen molar-refractivity contribution in [2.45, 2.75) is 58.1 Å². The number of ether oxygens (including phenoxy) is 2. The lowest BCUT2D eigenvalue weighted by Gasteiger charge is -2.30. The van der Waals surface area contributed by atoms with E-state index in [1.807, 2.05) is 50.2 Å². The van der Waals surface area contributed by atoms with Crippen molar-refractivity contribution in [1.29, 1.82) is 0 Å². The maximum absolute atomic E-state index is 12.4. The van der Waals surface area contributed by atoms with E-state index in [4.69, 9.17) is 20.9 Å². The Hall–Kier alpha value is -4.20. The van der Waals surface area contributed by atoms with Crippen LogP contribution in [0.4, 0.5) is 21.9 Å². The summed E-state index contributed by atoms with van der Waals surface area (Å²) in [5.74, 6) is 1.53. The molecule has 196 valence electrons. The van der Waals surface area contributed by atoms with Crippen LogP contribution in [0.5, 0.6) is 11.6 Å². The number of anilines is 3. The van der Waals surface area contributed by atoms with E-state index >= 15 is 0 Å². The van der Waals surface area contributed by atoms with Crippen molar-refractivity contribution in [1.82, 2.24) is 9.55 Å². The molecule has 8 nitrogen and oxygen atoms in total. The molecule has 38 heavy (non-hydrogen) atoms. The van der Waals surface area contributed by atoms with Crippen LogP contribution in [0.1, 0.15) is 50.6 Å². The Balaban J connectivity index is 1.34. The lowest BCUT2D eigenvalue weighted by atomic mass is 9.92. The number of hydrogen-bond acceptors (Lipinski definition) is 6. The molecule has 0 radical (unpaired) electrons. The molecular formula is C30H33N5O3. The largest absolute Gasteiger partial charge is 0.446 e. The number of nitrogens with one attached hydrogen (secondary N) is 1. The van der Waals surface area contributed by atoms with Crippen LogP contribution in [0.3, 0.4) is 0 Å². The highest BCUT2D eigenvalue weighted by molar-refractivity contribution is 6.02. The zero-order chi connectivity index (χ0) is 26.4. The maximum Gasteiger partial charge on any atom is 0.411 e. The zero-order valence-electron chi connectivity index (χ0n) is 21.7. The third kappa shape index (κ3) is 4.51. The average molecular weight is 512 g/mol. The van der Waals surface area contributed by atoms with Gasteiger partial charge in [-0.25, -0.2) is 9.78 Å². The van der Waals surface area contributed by atoms with Gasteiger partial charge in [-0.05, 0) is 93.8 Å². The van der Waals surface area contributed by atoms with E-state index in [9.17, 15) is 4.79 Å². The van der Waals surface area contributed by atoms with Crippen molar-refractivity contribution in [3.8, 4) is 22.9 Å². The number of rotatable bonds is 7. The third-order valence-corrected chi connectivity index (χ3v) is 7.78. The molecule has 2 aliphatic rings. The highest BCUT2D eigenvalue weighted by atomic mass is 16.6. The number of aromatic nitrogens is 2. The number of fused-ring (bicyclic) bond motifs is 1. The summed E-state index contributed by atoms with van der Waals surface area (Å²) in [6.45, 7) is 3.99. The van der Waals surface area contributed by atoms with E-state index in [-0.39, 0.29) is 6.10 Å². The topological polar surface area (TPSA) is 117 Å². The first-order valence-corrected chi connectivity index (χ1v) is 13.3. The monoisotopic (exact) mass is 511 g/mol. The second kappa shape index (κ2) is 9.59. The van der Waals surface area contributed by atoms with Gasteiger partial charge in [-0.15, -0.1) is 0 Å². The van der Waals surface area contributed by atoms with E-state index in [0.29, 0.717) is 35.0 Å². The van der Waals surface area contributed by atoms with Gasteiger partial charge in [0, 0.05) is 34.9 Å². The quantitative estimate of drug-likeness (QED) is 0.245. The van der Waals surface area contributed by atoms with E-state index in [1.54, 1.807) is 18.3 Å². The molecule has 0 saturated heterocycles. The summed E-state index contributed by atoms with van der Waals surface area (Å²) in [5, 5.41) is 3.86. The highest BCUT2D eigenvalue weighted by Gasteiger charge is 2.31. The molecule has 0 unspecified atom stereocenters. The number of pyridine rings is 1. The van der Waals surface area contributed by atoms with Crippen LogP contribution in [0.25, 0.3) is 22.2 Å². The molecule has 1 amide bonds. The Morgan fingerprint density at radius 3 is 2.61 bits per heavy atom. The number of hydrogen-bond donors (Lipinski definition) is 3. The second-order valence-corrected chi connectivity index (χ2v) is 10.5. The van der Waals surface area contributed by atoms with Gasteiger partial charge in [0.1, 0.15) is 11.9 Å². The summed E-state index contributed by atoms with van der Waals surface area (Å²) in [6.07, 6.45) is 6.82. The molecule has 0 aliphatic heterocycles. The molecule has 2 aliphatic carbocycles. The predicted octanol–water partition coefficient (Wildman–Crippen LogP) is 7.04. The Kier molecular flexibility index (Phi) is 6.10. The van der Waals surface area contributed by atoms with E-state index in [0.717, 1.165) is 59.1 Å². The third-order valence-electron chi connectivity index (χ3n) is 7.78. The minimum Gasteiger partial charge on any atom is -0.446 e. The van der Waals surface area contributed by atoms with Crippen LogP contribution in [-0.4, -0.2) is 21.7 Å². The number of nitrogens with zero attached hydrogens (tertiary/aromatic N) is 2. The highest BCUT2D eigenvalue weighted by Crippen LogP contribution is 2.46. The summed E-state index contributed by atoms with van der Waals surface area (Å²) in [4.78, 5) is 16.6. The molecule has 2 heterocycles. The van der Waals surface area contributed by atoms with Crippen molar-refractivity contribution in [3.63, 3.8) is 0 Å². The number of aryl methyl sites for hydroxylation is 1. The van der Waals surface area contributed by atoms with Gasteiger partial charge in [0.05, 0.1) is 22.6 Å². The van der Waals surface area contributed by atoms with Crippen LogP contribution >= 0.6 is 0 Å².